The normalized spacial score (nSPS) is 15.7. The van der Waals surface area contributed by atoms with Gasteiger partial charge in [0.25, 0.3) is 0 Å². The fourth-order valence-corrected chi connectivity index (χ4v) is 3.26. The highest BCUT2D eigenvalue weighted by atomic mass is 16.5. The predicted octanol–water partition coefficient (Wildman–Crippen LogP) is 2.79. The molecule has 7 heteroatoms. The molecule has 0 radical (unpaired) electrons. The van der Waals surface area contributed by atoms with Crippen LogP contribution in [0.25, 0.3) is 5.65 Å². The van der Waals surface area contributed by atoms with Crippen LogP contribution in [0.2, 0.25) is 0 Å². The molecule has 0 atom stereocenters. The van der Waals surface area contributed by atoms with E-state index < -0.39 is 0 Å². The third kappa shape index (κ3) is 3.28. The Morgan fingerprint density at radius 3 is 2.80 bits per heavy atom. The van der Waals surface area contributed by atoms with E-state index in [9.17, 15) is 0 Å². The van der Waals surface area contributed by atoms with E-state index in [1.807, 2.05) is 35.7 Å². The molecule has 4 rings (SSSR count). The van der Waals surface area contributed by atoms with Gasteiger partial charge in [0.05, 0.1) is 6.10 Å². The number of ether oxygens (including phenoxy) is 1. The minimum atomic E-state index is 0.360. The van der Waals surface area contributed by atoms with Gasteiger partial charge in [0.2, 0.25) is 5.95 Å². The molecule has 0 spiro atoms. The van der Waals surface area contributed by atoms with Crippen molar-refractivity contribution in [2.24, 2.45) is 0 Å². The van der Waals surface area contributed by atoms with Crippen LogP contribution in [0.15, 0.2) is 36.5 Å². The van der Waals surface area contributed by atoms with Crippen molar-refractivity contribution in [1.29, 1.82) is 0 Å². The van der Waals surface area contributed by atoms with Crippen LogP contribution in [0.1, 0.15) is 18.5 Å². The van der Waals surface area contributed by atoms with Crippen molar-refractivity contribution in [2.45, 2.75) is 25.9 Å². The van der Waals surface area contributed by atoms with E-state index in [-0.39, 0.29) is 0 Å². The van der Waals surface area contributed by atoms with Gasteiger partial charge in [-0.3, -0.25) is 4.98 Å². The summed E-state index contributed by atoms with van der Waals surface area (Å²) in [5.41, 5.74) is 2.72. The van der Waals surface area contributed by atoms with Crippen molar-refractivity contribution in [3.8, 4) is 0 Å². The summed E-state index contributed by atoms with van der Waals surface area (Å²) in [6.45, 7) is 3.89. The molecule has 0 saturated carbocycles. The van der Waals surface area contributed by atoms with E-state index in [1.54, 1.807) is 13.3 Å². The first-order valence-corrected chi connectivity index (χ1v) is 8.56. The summed E-state index contributed by atoms with van der Waals surface area (Å²) in [6.07, 6.45) is 4.20. The van der Waals surface area contributed by atoms with E-state index in [1.165, 1.54) is 0 Å². The summed E-state index contributed by atoms with van der Waals surface area (Å²) in [5.74, 6) is 1.66. The molecule has 1 fully saturated rings. The third-order valence-electron chi connectivity index (χ3n) is 4.59. The van der Waals surface area contributed by atoms with Crippen LogP contribution in [0.3, 0.4) is 0 Å². The lowest BCUT2D eigenvalue weighted by molar-refractivity contribution is 0.0817. The van der Waals surface area contributed by atoms with Gasteiger partial charge in [-0.15, -0.1) is 5.10 Å². The minimum absolute atomic E-state index is 0.360. The van der Waals surface area contributed by atoms with Crippen molar-refractivity contribution in [3.63, 3.8) is 0 Å². The molecule has 0 bridgehead atoms. The SMILES string of the molecule is COC1CCN(c2cccc3nc(Nc4ccnc(C)c4)nn23)CC1. The second-order valence-corrected chi connectivity index (χ2v) is 6.32. The zero-order valence-corrected chi connectivity index (χ0v) is 14.5. The lowest BCUT2D eigenvalue weighted by atomic mass is 10.1. The molecule has 4 heterocycles. The molecular weight excluding hydrogens is 316 g/mol. The fraction of sp³-hybridized carbons (Fsp3) is 0.389. The molecule has 25 heavy (non-hydrogen) atoms. The molecule has 7 nitrogen and oxygen atoms in total. The van der Waals surface area contributed by atoms with Crippen LogP contribution in [-0.2, 0) is 4.74 Å². The Bertz CT molecular complexity index is 869. The highest BCUT2D eigenvalue weighted by Crippen LogP contribution is 2.23. The Morgan fingerprint density at radius 1 is 1.20 bits per heavy atom. The molecule has 3 aromatic rings. The highest BCUT2D eigenvalue weighted by molar-refractivity contribution is 5.58. The lowest BCUT2D eigenvalue weighted by Gasteiger charge is -2.32. The lowest BCUT2D eigenvalue weighted by Crippen LogP contribution is -2.37. The summed E-state index contributed by atoms with van der Waals surface area (Å²) in [7, 11) is 1.79. The van der Waals surface area contributed by atoms with Crippen molar-refractivity contribution < 1.29 is 4.74 Å². The van der Waals surface area contributed by atoms with E-state index in [0.717, 1.165) is 48.8 Å². The Labute approximate surface area is 146 Å². The molecule has 1 N–H and O–H groups in total. The zero-order valence-electron chi connectivity index (χ0n) is 14.5. The number of aromatic nitrogens is 4. The number of anilines is 3. The molecular formula is C18H22N6O. The topological polar surface area (TPSA) is 67.6 Å². The molecule has 130 valence electrons. The molecule has 3 aromatic heterocycles. The maximum atomic E-state index is 5.47. The van der Waals surface area contributed by atoms with Gasteiger partial charge in [0, 0.05) is 37.8 Å². The van der Waals surface area contributed by atoms with Crippen molar-refractivity contribution in [2.75, 3.05) is 30.4 Å². The van der Waals surface area contributed by atoms with Gasteiger partial charge in [-0.1, -0.05) is 6.07 Å². The van der Waals surface area contributed by atoms with Crippen LogP contribution in [0, 0.1) is 6.92 Å². The van der Waals surface area contributed by atoms with Gasteiger partial charge < -0.3 is 15.0 Å². The Morgan fingerprint density at radius 2 is 2.04 bits per heavy atom. The average Bonchev–Trinajstić information content (AvgIpc) is 3.04. The summed E-state index contributed by atoms with van der Waals surface area (Å²) < 4.78 is 7.37. The monoisotopic (exact) mass is 338 g/mol. The molecule has 0 amide bonds. The Kier molecular flexibility index (Phi) is 4.23. The number of methoxy groups -OCH3 is 1. The number of hydrogen-bond donors (Lipinski definition) is 1. The zero-order chi connectivity index (χ0) is 17.2. The van der Waals surface area contributed by atoms with Crippen LogP contribution in [0.5, 0.6) is 0 Å². The molecule has 0 unspecified atom stereocenters. The number of rotatable bonds is 4. The van der Waals surface area contributed by atoms with Gasteiger partial charge >= 0.3 is 0 Å². The first-order chi connectivity index (χ1) is 12.2. The van der Waals surface area contributed by atoms with Crippen molar-refractivity contribution in [1.82, 2.24) is 19.6 Å². The van der Waals surface area contributed by atoms with Crippen molar-refractivity contribution >= 4 is 23.1 Å². The second-order valence-electron chi connectivity index (χ2n) is 6.32. The van der Waals surface area contributed by atoms with Crippen LogP contribution in [0.4, 0.5) is 17.5 Å². The maximum Gasteiger partial charge on any atom is 0.247 e. The van der Waals surface area contributed by atoms with Gasteiger partial charge in [0.1, 0.15) is 5.82 Å². The number of fused-ring (bicyclic) bond motifs is 1. The third-order valence-corrected chi connectivity index (χ3v) is 4.59. The number of aryl methyl sites for hydroxylation is 1. The Hall–Kier alpha value is -2.67. The van der Waals surface area contributed by atoms with Gasteiger partial charge in [-0.25, -0.2) is 0 Å². The van der Waals surface area contributed by atoms with Gasteiger partial charge in [-0.2, -0.15) is 9.50 Å². The van der Waals surface area contributed by atoms with E-state index >= 15 is 0 Å². The van der Waals surface area contributed by atoms with E-state index in [0.29, 0.717) is 12.1 Å². The minimum Gasteiger partial charge on any atom is -0.381 e. The van der Waals surface area contributed by atoms with Crippen LogP contribution >= 0.6 is 0 Å². The summed E-state index contributed by atoms with van der Waals surface area (Å²) in [5, 5.41) is 7.91. The quantitative estimate of drug-likeness (QED) is 0.789. The van der Waals surface area contributed by atoms with Crippen LogP contribution in [-0.4, -0.2) is 45.9 Å². The first-order valence-electron chi connectivity index (χ1n) is 8.56. The standard InChI is InChI=1S/C18H22N6O/c1-13-12-14(6-9-19-13)20-18-21-16-4-3-5-17(24(16)22-18)23-10-7-15(25-2)8-11-23/h3-6,9,12,15H,7-8,10-11H2,1-2H3,(H,19,20,22). The number of nitrogens with one attached hydrogen (secondary N) is 1. The number of piperidine rings is 1. The average molecular weight is 338 g/mol. The maximum absolute atomic E-state index is 5.47. The molecule has 0 aromatic carbocycles. The van der Waals surface area contributed by atoms with E-state index in [2.05, 4.69) is 31.3 Å². The molecule has 1 aliphatic heterocycles. The molecule has 1 aliphatic rings. The fourth-order valence-electron chi connectivity index (χ4n) is 3.26. The van der Waals surface area contributed by atoms with Gasteiger partial charge in [0.15, 0.2) is 5.65 Å². The van der Waals surface area contributed by atoms with Crippen molar-refractivity contribution in [3.05, 3.63) is 42.2 Å². The molecule has 1 saturated heterocycles. The predicted molar refractivity (Wildman–Crippen MR) is 97.5 cm³/mol. The van der Waals surface area contributed by atoms with Gasteiger partial charge in [-0.05, 0) is 44.0 Å². The van der Waals surface area contributed by atoms with E-state index in [4.69, 9.17) is 4.74 Å². The summed E-state index contributed by atoms with van der Waals surface area (Å²) in [4.78, 5) is 11.1. The van der Waals surface area contributed by atoms with Crippen LogP contribution < -0.4 is 10.2 Å². The largest absolute Gasteiger partial charge is 0.381 e. The highest BCUT2D eigenvalue weighted by Gasteiger charge is 2.21. The smallest absolute Gasteiger partial charge is 0.247 e. The number of pyridine rings is 2. The number of nitrogens with zero attached hydrogens (tertiary/aromatic N) is 5. The Balaban J connectivity index is 1.60. The molecule has 0 aliphatic carbocycles. The second kappa shape index (κ2) is 6.68. The first kappa shape index (κ1) is 15.8. The number of hydrogen-bond acceptors (Lipinski definition) is 6. The summed E-state index contributed by atoms with van der Waals surface area (Å²) >= 11 is 0. The summed E-state index contributed by atoms with van der Waals surface area (Å²) in [6, 6.07) is 9.98.